The highest BCUT2D eigenvalue weighted by Crippen LogP contribution is 2.18. The van der Waals surface area contributed by atoms with Crippen molar-refractivity contribution in [1.29, 1.82) is 0 Å². The maximum atomic E-state index is 4.65. The SMILES string of the molecule is C1=NCCO1.c1cc[nH]c1.c1ccc2nc3ccccc3cc2c1. The third-order valence-corrected chi connectivity index (χ3v) is 3.41. The molecule has 2 aromatic heterocycles. The van der Waals surface area contributed by atoms with Crippen molar-refractivity contribution in [2.75, 3.05) is 13.2 Å². The fourth-order valence-electron chi connectivity index (χ4n) is 2.26. The molecule has 120 valence electrons. The van der Waals surface area contributed by atoms with Crippen LogP contribution in [-0.2, 0) is 4.74 Å². The third kappa shape index (κ3) is 4.43. The average molecular weight is 317 g/mol. The summed E-state index contributed by atoms with van der Waals surface area (Å²) in [5.74, 6) is 0. The molecule has 0 amide bonds. The summed E-state index contributed by atoms with van der Waals surface area (Å²) in [4.78, 5) is 11.2. The Labute approximate surface area is 140 Å². The van der Waals surface area contributed by atoms with Gasteiger partial charge in [0.25, 0.3) is 0 Å². The van der Waals surface area contributed by atoms with Gasteiger partial charge in [-0.25, -0.2) is 4.98 Å². The molecule has 4 aromatic rings. The number of rotatable bonds is 0. The van der Waals surface area contributed by atoms with Crippen molar-refractivity contribution in [1.82, 2.24) is 9.97 Å². The van der Waals surface area contributed by atoms with Gasteiger partial charge in [-0.3, -0.25) is 4.99 Å². The van der Waals surface area contributed by atoms with E-state index in [1.165, 1.54) is 17.2 Å². The normalized spacial score (nSPS) is 12.0. The monoisotopic (exact) mass is 317 g/mol. The van der Waals surface area contributed by atoms with E-state index in [0.29, 0.717) is 0 Å². The predicted octanol–water partition coefficient (Wildman–Crippen LogP) is 4.45. The molecule has 2 aromatic carbocycles. The zero-order chi connectivity index (χ0) is 16.5. The second-order valence-electron chi connectivity index (χ2n) is 5.14. The Morgan fingerprint density at radius 3 is 1.83 bits per heavy atom. The summed E-state index contributed by atoms with van der Waals surface area (Å²) in [6, 6.07) is 22.5. The molecular weight excluding hydrogens is 298 g/mol. The van der Waals surface area contributed by atoms with Crippen LogP contribution in [0.5, 0.6) is 0 Å². The lowest BCUT2D eigenvalue weighted by Crippen LogP contribution is -1.80. The maximum absolute atomic E-state index is 4.65. The van der Waals surface area contributed by atoms with Crippen LogP contribution in [0, 0.1) is 0 Å². The van der Waals surface area contributed by atoms with Gasteiger partial charge in [-0.05, 0) is 30.3 Å². The number of hydrogen-bond acceptors (Lipinski definition) is 3. The van der Waals surface area contributed by atoms with Gasteiger partial charge in [-0.15, -0.1) is 0 Å². The Hall–Kier alpha value is -3.14. The number of aromatic nitrogens is 2. The molecule has 0 aliphatic carbocycles. The molecule has 0 saturated heterocycles. The van der Waals surface area contributed by atoms with Crippen molar-refractivity contribution in [3.63, 3.8) is 0 Å². The van der Waals surface area contributed by atoms with Gasteiger partial charge in [0.05, 0.1) is 17.6 Å². The first-order valence-electron chi connectivity index (χ1n) is 7.86. The van der Waals surface area contributed by atoms with Gasteiger partial charge in [0.1, 0.15) is 6.61 Å². The minimum Gasteiger partial charge on any atom is -0.482 e. The van der Waals surface area contributed by atoms with Crippen LogP contribution in [0.25, 0.3) is 21.8 Å². The van der Waals surface area contributed by atoms with Crippen LogP contribution in [-0.4, -0.2) is 29.5 Å². The first-order valence-corrected chi connectivity index (χ1v) is 7.86. The van der Waals surface area contributed by atoms with E-state index in [0.717, 1.165) is 24.2 Å². The van der Waals surface area contributed by atoms with E-state index in [1.807, 2.05) is 60.9 Å². The van der Waals surface area contributed by atoms with E-state index >= 15 is 0 Å². The highest BCUT2D eigenvalue weighted by molar-refractivity contribution is 5.92. The molecular formula is C20H19N3O. The number of ether oxygens (including phenoxy) is 1. The number of aromatic amines is 1. The molecule has 1 aliphatic rings. The first kappa shape index (κ1) is 15.7. The minimum absolute atomic E-state index is 0.778. The number of hydrogen-bond donors (Lipinski definition) is 1. The van der Waals surface area contributed by atoms with Crippen LogP contribution in [0.4, 0.5) is 0 Å². The Balaban J connectivity index is 0.000000138. The molecule has 0 spiro atoms. The van der Waals surface area contributed by atoms with Gasteiger partial charge < -0.3 is 9.72 Å². The molecule has 3 heterocycles. The van der Waals surface area contributed by atoms with Crippen LogP contribution in [0.2, 0.25) is 0 Å². The van der Waals surface area contributed by atoms with Crippen molar-refractivity contribution in [3.05, 3.63) is 79.1 Å². The standard InChI is InChI=1S/C13H9N.C4H5N.C3H5NO/c1-3-7-12-10(5-1)9-11-6-2-4-8-13(11)14-12;1-2-4-5-3-1;1-2-5-3-4-1/h1-9H;1-5H;3H,1-2H2. The zero-order valence-electron chi connectivity index (χ0n) is 13.3. The van der Waals surface area contributed by atoms with E-state index in [-0.39, 0.29) is 0 Å². The highest BCUT2D eigenvalue weighted by Gasteiger charge is 1.96. The molecule has 1 aliphatic heterocycles. The summed E-state index contributed by atoms with van der Waals surface area (Å²) < 4.78 is 4.65. The molecule has 5 rings (SSSR count). The molecule has 1 N–H and O–H groups in total. The number of pyridine rings is 1. The van der Waals surface area contributed by atoms with Crippen molar-refractivity contribution in [2.45, 2.75) is 0 Å². The number of nitrogens with zero attached hydrogens (tertiary/aromatic N) is 2. The number of H-pyrrole nitrogens is 1. The molecule has 0 fully saturated rings. The Kier molecular flexibility index (Phi) is 5.56. The van der Waals surface area contributed by atoms with Crippen LogP contribution in [0.15, 0.2) is 84.1 Å². The number of nitrogens with one attached hydrogen (secondary N) is 1. The van der Waals surface area contributed by atoms with Crippen molar-refractivity contribution < 1.29 is 4.74 Å². The van der Waals surface area contributed by atoms with E-state index < -0.39 is 0 Å². The fourth-order valence-corrected chi connectivity index (χ4v) is 2.26. The lowest BCUT2D eigenvalue weighted by molar-refractivity contribution is 0.361. The number of fused-ring (bicyclic) bond motifs is 2. The Morgan fingerprint density at radius 2 is 1.42 bits per heavy atom. The maximum Gasteiger partial charge on any atom is 0.169 e. The van der Waals surface area contributed by atoms with Crippen molar-refractivity contribution >= 4 is 28.2 Å². The minimum atomic E-state index is 0.778. The summed E-state index contributed by atoms with van der Waals surface area (Å²) in [5, 5.41) is 2.40. The Bertz CT molecular complexity index is 773. The molecule has 0 radical (unpaired) electrons. The van der Waals surface area contributed by atoms with Gasteiger partial charge in [-0.1, -0.05) is 36.4 Å². The molecule has 4 nitrogen and oxygen atoms in total. The number of aliphatic imine (C=N–C) groups is 1. The van der Waals surface area contributed by atoms with Crippen LogP contribution >= 0.6 is 0 Å². The van der Waals surface area contributed by atoms with Gasteiger partial charge in [0, 0.05) is 23.2 Å². The molecule has 0 bridgehead atoms. The molecule has 0 atom stereocenters. The number of benzene rings is 2. The highest BCUT2D eigenvalue weighted by atomic mass is 16.5. The van der Waals surface area contributed by atoms with E-state index in [9.17, 15) is 0 Å². The first-order chi connectivity index (χ1) is 11.9. The Morgan fingerprint density at radius 1 is 0.792 bits per heavy atom. The third-order valence-electron chi connectivity index (χ3n) is 3.41. The summed E-state index contributed by atoms with van der Waals surface area (Å²) in [7, 11) is 0. The predicted molar refractivity (Wildman–Crippen MR) is 99.4 cm³/mol. The van der Waals surface area contributed by atoms with E-state index in [2.05, 4.69) is 37.9 Å². The molecule has 4 heteroatoms. The van der Waals surface area contributed by atoms with Gasteiger partial charge in [0.2, 0.25) is 0 Å². The van der Waals surface area contributed by atoms with Crippen LogP contribution in [0.3, 0.4) is 0 Å². The second kappa shape index (κ2) is 8.48. The molecule has 0 unspecified atom stereocenters. The van der Waals surface area contributed by atoms with E-state index in [1.54, 1.807) is 0 Å². The van der Waals surface area contributed by atoms with Crippen molar-refractivity contribution in [3.8, 4) is 0 Å². The molecule has 24 heavy (non-hydrogen) atoms. The fraction of sp³-hybridized carbons (Fsp3) is 0.100. The smallest absolute Gasteiger partial charge is 0.169 e. The quantitative estimate of drug-likeness (QED) is 0.487. The summed E-state index contributed by atoms with van der Waals surface area (Å²) >= 11 is 0. The second-order valence-corrected chi connectivity index (χ2v) is 5.14. The average Bonchev–Trinajstić information content (AvgIpc) is 3.38. The zero-order valence-corrected chi connectivity index (χ0v) is 13.3. The summed E-state index contributed by atoms with van der Waals surface area (Å²) in [6.45, 7) is 1.62. The van der Waals surface area contributed by atoms with E-state index in [4.69, 9.17) is 0 Å². The van der Waals surface area contributed by atoms with Gasteiger partial charge in [-0.2, -0.15) is 0 Å². The van der Waals surface area contributed by atoms with Crippen molar-refractivity contribution in [2.24, 2.45) is 4.99 Å². The van der Waals surface area contributed by atoms with Gasteiger partial charge >= 0.3 is 0 Å². The largest absolute Gasteiger partial charge is 0.482 e. The summed E-state index contributed by atoms with van der Waals surface area (Å²) in [5.41, 5.74) is 2.12. The lowest BCUT2D eigenvalue weighted by atomic mass is 10.1. The molecule has 0 saturated carbocycles. The van der Waals surface area contributed by atoms with Gasteiger partial charge in [0.15, 0.2) is 6.40 Å². The lowest BCUT2D eigenvalue weighted by Gasteiger charge is -1.99. The summed E-state index contributed by atoms with van der Waals surface area (Å²) in [6.07, 6.45) is 5.24. The van der Waals surface area contributed by atoms with Crippen LogP contribution < -0.4 is 0 Å². The van der Waals surface area contributed by atoms with Crippen LogP contribution in [0.1, 0.15) is 0 Å². The number of para-hydroxylation sites is 2. The topological polar surface area (TPSA) is 50.3 Å².